The molecule has 0 aliphatic heterocycles. The van der Waals surface area contributed by atoms with Crippen molar-refractivity contribution in [2.24, 2.45) is 5.73 Å². The third-order valence-corrected chi connectivity index (χ3v) is 2.25. The number of carboxylic acids is 1. The molecular weight excluding hydrogens is 178 g/mol. The minimum absolute atomic E-state index is 0.0657. The van der Waals surface area contributed by atoms with Crippen LogP contribution in [0.5, 0.6) is 0 Å². The summed E-state index contributed by atoms with van der Waals surface area (Å²) in [6.45, 7) is 0. The van der Waals surface area contributed by atoms with Crippen LogP contribution in [0.3, 0.4) is 0 Å². The van der Waals surface area contributed by atoms with Gasteiger partial charge in [0.2, 0.25) is 0 Å². The van der Waals surface area contributed by atoms with Crippen molar-refractivity contribution in [2.45, 2.75) is 6.42 Å². The molecule has 0 aromatic carbocycles. The van der Waals surface area contributed by atoms with Gasteiger partial charge in [0.05, 0.1) is 11.3 Å². The first-order chi connectivity index (χ1) is 5.59. The first-order valence-corrected chi connectivity index (χ1v) is 4.06. The van der Waals surface area contributed by atoms with Crippen molar-refractivity contribution in [3.63, 3.8) is 0 Å². The number of hydrogen-bond donors (Lipinski definition) is 2. The number of hydrogen-bond acceptors (Lipinski definition) is 3. The van der Waals surface area contributed by atoms with Gasteiger partial charge in [-0.15, -0.1) is 11.3 Å². The molecule has 1 aromatic rings. The summed E-state index contributed by atoms with van der Waals surface area (Å²) in [7, 11) is 0. The van der Waals surface area contributed by atoms with Gasteiger partial charge in [-0.05, 0) is 17.0 Å². The molecule has 0 unspecified atom stereocenters. The monoisotopic (exact) mass is 185 g/mol. The van der Waals surface area contributed by atoms with Gasteiger partial charge < -0.3 is 10.8 Å². The zero-order valence-electron chi connectivity index (χ0n) is 6.11. The van der Waals surface area contributed by atoms with E-state index >= 15 is 0 Å². The van der Waals surface area contributed by atoms with Gasteiger partial charge in [0, 0.05) is 0 Å². The second-order valence-corrected chi connectivity index (χ2v) is 3.17. The van der Waals surface area contributed by atoms with Crippen LogP contribution in [0.25, 0.3) is 0 Å². The smallest absolute Gasteiger partial charge is 0.307 e. The van der Waals surface area contributed by atoms with Crippen LogP contribution in [0.15, 0.2) is 11.4 Å². The van der Waals surface area contributed by atoms with Crippen LogP contribution in [0.1, 0.15) is 15.2 Å². The summed E-state index contributed by atoms with van der Waals surface area (Å²) in [5.74, 6) is -1.43. The van der Waals surface area contributed by atoms with Gasteiger partial charge in [0.1, 0.15) is 0 Å². The lowest BCUT2D eigenvalue weighted by Gasteiger charge is -1.87. The predicted octanol–water partition coefficient (Wildman–Crippen LogP) is 0.474. The number of carboxylic acid groups (broad SMARTS) is 1. The number of amides is 1. The Kier molecular flexibility index (Phi) is 2.44. The molecule has 0 spiro atoms. The molecular formula is C7H7NO3S. The molecule has 12 heavy (non-hydrogen) atoms. The minimum atomic E-state index is -0.913. The Hall–Kier alpha value is -1.36. The fraction of sp³-hybridized carbons (Fsp3) is 0.143. The SMILES string of the molecule is NC(=O)c1cc(CC(=O)O)cs1. The van der Waals surface area contributed by atoms with E-state index in [4.69, 9.17) is 10.8 Å². The molecule has 5 heteroatoms. The lowest BCUT2D eigenvalue weighted by Crippen LogP contribution is -2.08. The number of rotatable bonds is 3. The van der Waals surface area contributed by atoms with Gasteiger partial charge in [-0.25, -0.2) is 0 Å². The van der Waals surface area contributed by atoms with E-state index in [0.29, 0.717) is 10.4 Å². The van der Waals surface area contributed by atoms with E-state index in [1.807, 2.05) is 0 Å². The number of aliphatic carboxylic acids is 1. The predicted molar refractivity (Wildman–Crippen MR) is 44.2 cm³/mol. The molecule has 0 bridgehead atoms. The number of primary amides is 1. The molecule has 4 nitrogen and oxygen atoms in total. The van der Waals surface area contributed by atoms with Crippen LogP contribution >= 0.6 is 11.3 Å². The van der Waals surface area contributed by atoms with Gasteiger partial charge in [-0.3, -0.25) is 9.59 Å². The highest BCUT2D eigenvalue weighted by Crippen LogP contribution is 2.14. The molecule has 3 N–H and O–H groups in total. The van der Waals surface area contributed by atoms with Crippen molar-refractivity contribution in [3.05, 3.63) is 21.9 Å². The Morgan fingerprint density at radius 3 is 2.67 bits per heavy atom. The highest BCUT2D eigenvalue weighted by atomic mass is 32.1. The lowest BCUT2D eigenvalue weighted by atomic mass is 10.2. The summed E-state index contributed by atoms with van der Waals surface area (Å²) in [6.07, 6.45) is -0.0657. The van der Waals surface area contributed by atoms with Crippen LogP contribution in [0.4, 0.5) is 0 Å². The number of nitrogens with two attached hydrogens (primary N) is 1. The topological polar surface area (TPSA) is 80.4 Å². The van der Waals surface area contributed by atoms with E-state index in [1.54, 1.807) is 5.38 Å². The molecule has 64 valence electrons. The van der Waals surface area contributed by atoms with Crippen LogP contribution in [0.2, 0.25) is 0 Å². The molecule has 0 aliphatic rings. The molecule has 1 rings (SSSR count). The van der Waals surface area contributed by atoms with Crippen LogP contribution < -0.4 is 5.73 Å². The van der Waals surface area contributed by atoms with Gasteiger partial charge in [0.25, 0.3) is 5.91 Å². The standard InChI is InChI=1S/C7H7NO3S/c8-7(11)5-1-4(3-12-5)2-6(9)10/h1,3H,2H2,(H2,8,11)(H,9,10). The lowest BCUT2D eigenvalue weighted by molar-refractivity contribution is -0.136. The van der Waals surface area contributed by atoms with Crippen LogP contribution in [-0.2, 0) is 11.2 Å². The molecule has 0 atom stereocenters. The summed E-state index contributed by atoms with van der Waals surface area (Å²) >= 11 is 1.16. The summed E-state index contributed by atoms with van der Waals surface area (Å²) in [4.78, 5) is 21.2. The molecule has 1 heterocycles. The van der Waals surface area contributed by atoms with E-state index in [0.717, 1.165) is 11.3 Å². The summed E-state index contributed by atoms with van der Waals surface area (Å²) in [5, 5.41) is 10.0. The zero-order valence-corrected chi connectivity index (χ0v) is 6.93. The van der Waals surface area contributed by atoms with Crippen molar-refractivity contribution in [2.75, 3.05) is 0 Å². The molecule has 1 amide bonds. The largest absolute Gasteiger partial charge is 0.481 e. The Morgan fingerprint density at radius 1 is 1.58 bits per heavy atom. The first kappa shape index (κ1) is 8.73. The summed E-state index contributed by atoms with van der Waals surface area (Å²) in [5.41, 5.74) is 5.59. The van der Waals surface area contributed by atoms with Crippen molar-refractivity contribution in [1.82, 2.24) is 0 Å². The Morgan fingerprint density at radius 2 is 2.25 bits per heavy atom. The van der Waals surface area contributed by atoms with E-state index < -0.39 is 11.9 Å². The Balaban J connectivity index is 2.77. The maximum atomic E-state index is 10.6. The average molecular weight is 185 g/mol. The molecule has 0 fully saturated rings. The third-order valence-electron chi connectivity index (χ3n) is 1.25. The maximum Gasteiger partial charge on any atom is 0.307 e. The van der Waals surface area contributed by atoms with E-state index in [-0.39, 0.29) is 6.42 Å². The van der Waals surface area contributed by atoms with Gasteiger partial charge >= 0.3 is 5.97 Å². The van der Waals surface area contributed by atoms with Crippen molar-refractivity contribution < 1.29 is 14.7 Å². The summed E-state index contributed by atoms with van der Waals surface area (Å²) < 4.78 is 0. The summed E-state index contributed by atoms with van der Waals surface area (Å²) in [6, 6.07) is 1.50. The first-order valence-electron chi connectivity index (χ1n) is 3.18. The van der Waals surface area contributed by atoms with E-state index in [9.17, 15) is 9.59 Å². The normalized spacial score (nSPS) is 9.67. The fourth-order valence-corrected chi connectivity index (χ4v) is 1.54. The minimum Gasteiger partial charge on any atom is -0.481 e. The van der Waals surface area contributed by atoms with Gasteiger partial charge in [0.15, 0.2) is 0 Å². The third kappa shape index (κ3) is 2.06. The van der Waals surface area contributed by atoms with E-state index in [1.165, 1.54) is 6.07 Å². The van der Waals surface area contributed by atoms with Crippen molar-refractivity contribution in [3.8, 4) is 0 Å². The van der Waals surface area contributed by atoms with Crippen molar-refractivity contribution >= 4 is 23.2 Å². The fourth-order valence-electron chi connectivity index (χ4n) is 0.772. The van der Waals surface area contributed by atoms with E-state index in [2.05, 4.69) is 0 Å². The number of thiophene rings is 1. The Labute approximate surface area is 72.6 Å². The van der Waals surface area contributed by atoms with Crippen LogP contribution in [-0.4, -0.2) is 17.0 Å². The molecule has 0 saturated heterocycles. The maximum absolute atomic E-state index is 10.6. The second kappa shape index (κ2) is 3.36. The molecule has 0 aliphatic carbocycles. The van der Waals surface area contributed by atoms with Crippen LogP contribution in [0, 0.1) is 0 Å². The highest BCUT2D eigenvalue weighted by Gasteiger charge is 2.06. The zero-order chi connectivity index (χ0) is 9.14. The van der Waals surface area contributed by atoms with Gasteiger partial charge in [-0.1, -0.05) is 0 Å². The second-order valence-electron chi connectivity index (χ2n) is 2.25. The highest BCUT2D eigenvalue weighted by molar-refractivity contribution is 7.12. The molecule has 0 radical (unpaired) electrons. The average Bonchev–Trinajstić information content (AvgIpc) is 2.34. The molecule has 0 saturated carbocycles. The van der Waals surface area contributed by atoms with Crippen molar-refractivity contribution in [1.29, 1.82) is 0 Å². The van der Waals surface area contributed by atoms with Gasteiger partial charge in [-0.2, -0.15) is 0 Å². The molecule has 1 aromatic heterocycles. The number of carbonyl (C=O) groups is 2. The Bertz CT molecular complexity index is 318. The quantitative estimate of drug-likeness (QED) is 0.718. The number of carbonyl (C=O) groups excluding carboxylic acids is 1.